The number of esters is 1. The fourth-order valence-corrected chi connectivity index (χ4v) is 2.13. The maximum absolute atomic E-state index is 12.1. The van der Waals surface area contributed by atoms with Crippen LogP contribution in [0.2, 0.25) is 0 Å². The Morgan fingerprint density at radius 1 is 1.05 bits per heavy atom. The van der Waals surface area contributed by atoms with E-state index in [1.807, 2.05) is 31.2 Å². The molecular weight excluding hydrogens is 256 g/mol. The summed E-state index contributed by atoms with van der Waals surface area (Å²) < 4.78 is 10.3. The van der Waals surface area contributed by atoms with Gasteiger partial charge in [-0.2, -0.15) is 0 Å². The fraction of sp³-hybridized carbons (Fsp3) is 0.500. The molecule has 0 heterocycles. The number of hydrogen-bond donors (Lipinski definition) is 0. The van der Waals surface area contributed by atoms with Crippen molar-refractivity contribution in [2.24, 2.45) is 5.92 Å². The van der Waals surface area contributed by atoms with Crippen LogP contribution in [0.25, 0.3) is 0 Å². The zero-order valence-corrected chi connectivity index (χ0v) is 12.7. The van der Waals surface area contributed by atoms with E-state index in [1.165, 1.54) is 6.92 Å². The number of ketones is 1. The summed E-state index contributed by atoms with van der Waals surface area (Å²) in [7, 11) is 1.59. The third kappa shape index (κ3) is 4.08. The molecule has 4 heteroatoms. The van der Waals surface area contributed by atoms with Crippen molar-refractivity contribution in [2.75, 3.05) is 7.11 Å². The largest absolute Gasteiger partial charge is 0.497 e. The van der Waals surface area contributed by atoms with Gasteiger partial charge in [0.25, 0.3) is 0 Å². The second-order valence-corrected chi connectivity index (χ2v) is 5.14. The van der Waals surface area contributed by atoms with Crippen LogP contribution in [0.3, 0.4) is 0 Å². The Labute approximate surface area is 120 Å². The van der Waals surface area contributed by atoms with Crippen molar-refractivity contribution in [2.45, 2.75) is 39.7 Å². The third-order valence-electron chi connectivity index (χ3n) is 3.19. The molecule has 0 aliphatic carbocycles. The Hall–Kier alpha value is -1.84. The number of rotatable bonds is 6. The minimum absolute atomic E-state index is 0.182. The van der Waals surface area contributed by atoms with Crippen molar-refractivity contribution in [3.05, 3.63) is 29.8 Å². The zero-order valence-electron chi connectivity index (χ0n) is 12.7. The minimum Gasteiger partial charge on any atom is -0.497 e. The van der Waals surface area contributed by atoms with Gasteiger partial charge in [0.2, 0.25) is 0 Å². The van der Waals surface area contributed by atoms with E-state index in [0.717, 1.165) is 11.3 Å². The number of hydrogen-bond acceptors (Lipinski definition) is 4. The van der Waals surface area contributed by atoms with Crippen LogP contribution in [0.15, 0.2) is 24.3 Å². The van der Waals surface area contributed by atoms with E-state index in [1.54, 1.807) is 21.0 Å². The predicted molar refractivity (Wildman–Crippen MR) is 76.8 cm³/mol. The van der Waals surface area contributed by atoms with Gasteiger partial charge in [-0.25, -0.2) is 0 Å². The third-order valence-corrected chi connectivity index (χ3v) is 3.19. The monoisotopic (exact) mass is 278 g/mol. The Morgan fingerprint density at radius 3 is 2.00 bits per heavy atom. The van der Waals surface area contributed by atoms with Crippen LogP contribution in [-0.4, -0.2) is 25.0 Å². The van der Waals surface area contributed by atoms with Crippen LogP contribution in [0.5, 0.6) is 5.75 Å². The first-order valence-electron chi connectivity index (χ1n) is 6.71. The van der Waals surface area contributed by atoms with Crippen molar-refractivity contribution in [3.8, 4) is 5.75 Å². The summed E-state index contributed by atoms with van der Waals surface area (Å²) in [5.74, 6) is -0.907. The first-order chi connectivity index (χ1) is 9.36. The van der Waals surface area contributed by atoms with Crippen LogP contribution in [0.1, 0.15) is 39.2 Å². The molecule has 110 valence electrons. The fourth-order valence-electron chi connectivity index (χ4n) is 2.13. The Kier molecular flexibility index (Phi) is 5.74. The molecule has 0 saturated carbocycles. The van der Waals surface area contributed by atoms with E-state index in [-0.39, 0.29) is 17.8 Å². The van der Waals surface area contributed by atoms with Gasteiger partial charge in [-0.15, -0.1) is 0 Å². The predicted octanol–water partition coefficient (Wildman–Crippen LogP) is 2.96. The Morgan fingerprint density at radius 2 is 1.60 bits per heavy atom. The van der Waals surface area contributed by atoms with Gasteiger partial charge in [0.1, 0.15) is 17.5 Å². The molecule has 1 aromatic rings. The van der Waals surface area contributed by atoms with E-state index >= 15 is 0 Å². The maximum atomic E-state index is 12.1. The molecule has 0 N–H and O–H groups in total. The van der Waals surface area contributed by atoms with Crippen LogP contribution < -0.4 is 4.74 Å². The summed E-state index contributed by atoms with van der Waals surface area (Å²) in [5.41, 5.74) is 0.909. The lowest BCUT2D eigenvalue weighted by Gasteiger charge is -2.22. The van der Waals surface area contributed by atoms with E-state index < -0.39 is 11.9 Å². The number of benzene rings is 1. The van der Waals surface area contributed by atoms with E-state index in [9.17, 15) is 9.59 Å². The molecule has 2 atom stereocenters. The maximum Gasteiger partial charge on any atom is 0.317 e. The second kappa shape index (κ2) is 7.08. The van der Waals surface area contributed by atoms with Gasteiger partial charge in [0.15, 0.2) is 0 Å². The molecule has 20 heavy (non-hydrogen) atoms. The van der Waals surface area contributed by atoms with Crippen molar-refractivity contribution < 1.29 is 19.1 Å². The highest BCUT2D eigenvalue weighted by atomic mass is 16.5. The molecule has 0 saturated heterocycles. The summed E-state index contributed by atoms with van der Waals surface area (Å²) in [6, 6.07) is 7.36. The van der Waals surface area contributed by atoms with Gasteiger partial charge < -0.3 is 9.47 Å². The molecule has 1 aromatic carbocycles. The van der Waals surface area contributed by atoms with Gasteiger partial charge in [-0.1, -0.05) is 19.1 Å². The lowest BCUT2D eigenvalue weighted by molar-refractivity contribution is -0.155. The molecule has 0 aliphatic heterocycles. The first-order valence-corrected chi connectivity index (χ1v) is 6.71. The summed E-state index contributed by atoms with van der Waals surface area (Å²) in [6.45, 7) is 6.82. The molecule has 2 unspecified atom stereocenters. The summed E-state index contributed by atoms with van der Waals surface area (Å²) in [5, 5.41) is 0. The van der Waals surface area contributed by atoms with Crippen molar-refractivity contribution in [1.29, 1.82) is 0 Å². The average molecular weight is 278 g/mol. The smallest absolute Gasteiger partial charge is 0.317 e. The summed E-state index contributed by atoms with van der Waals surface area (Å²) in [4.78, 5) is 23.8. The lowest BCUT2D eigenvalue weighted by atomic mass is 9.85. The zero-order chi connectivity index (χ0) is 15.3. The molecule has 0 radical (unpaired) electrons. The van der Waals surface area contributed by atoms with E-state index in [2.05, 4.69) is 0 Å². The number of methoxy groups -OCH3 is 1. The topological polar surface area (TPSA) is 52.6 Å². The van der Waals surface area contributed by atoms with Crippen LogP contribution in [-0.2, 0) is 14.3 Å². The lowest BCUT2D eigenvalue weighted by Crippen LogP contribution is -2.30. The van der Waals surface area contributed by atoms with Gasteiger partial charge in [-0.3, -0.25) is 9.59 Å². The number of carbonyl (C=O) groups is 2. The molecule has 4 nitrogen and oxygen atoms in total. The highest BCUT2D eigenvalue weighted by molar-refractivity contribution is 5.98. The molecule has 0 fully saturated rings. The normalized spacial score (nSPS) is 13.7. The molecule has 0 spiro atoms. The molecule has 1 rings (SSSR count). The van der Waals surface area contributed by atoms with Crippen molar-refractivity contribution in [1.82, 2.24) is 0 Å². The van der Waals surface area contributed by atoms with E-state index in [0.29, 0.717) is 0 Å². The minimum atomic E-state index is -0.772. The molecule has 0 aromatic heterocycles. The van der Waals surface area contributed by atoms with Crippen LogP contribution in [0, 0.1) is 5.92 Å². The van der Waals surface area contributed by atoms with Gasteiger partial charge in [-0.05, 0) is 38.5 Å². The van der Waals surface area contributed by atoms with Crippen LogP contribution >= 0.6 is 0 Å². The highest BCUT2D eigenvalue weighted by Crippen LogP contribution is 2.28. The summed E-state index contributed by atoms with van der Waals surface area (Å²) in [6.07, 6.45) is -0.229. The Bertz CT molecular complexity index is 462. The van der Waals surface area contributed by atoms with E-state index in [4.69, 9.17) is 9.47 Å². The standard InChI is InChI=1S/C16H22O4/c1-10(2)20-16(18)15(12(4)17)11(3)13-6-8-14(19-5)9-7-13/h6-11,15H,1-5H3. The SMILES string of the molecule is COc1ccc(C(C)C(C(C)=O)C(=O)OC(C)C)cc1. The molecule has 0 aliphatic rings. The molecule has 0 amide bonds. The quantitative estimate of drug-likeness (QED) is 0.593. The van der Waals surface area contributed by atoms with Crippen LogP contribution in [0.4, 0.5) is 0 Å². The van der Waals surface area contributed by atoms with Crippen molar-refractivity contribution in [3.63, 3.8) is 0 Å². The first kappa shape index (κ1) is 16.2. The Balaban J connectivity index is 2.95. The molecule has 0 bridgehead atoms. The number of Topliss-reactive ketones (excluding diaryl/α,β-unsaturated/α-hetero) is 1. The van der Waals surface area contributed by atoms with Gasteiger partial charge >= 0.3 is 5.97 Å². The highest BCUT2D eigenvalue weighted by Gasteiger charge is 2.32. The van der Waals surface area contributed by atoms with Crippen molar-refractivity contribution >= 4 is 11.8 Å². The molecular formula is C16H22O4. The second-order valence-electron chi connectivity index (χ2n) is 5.14. The number of carbonyl (C=O) groups excluding carboxylic acids is 2. The number of ether oxygens (including phenoxy) is 2. The van der Waals surface area contributed by atoms with Gasteiger partial charge in [0, 0.05) is 5.92 Å². The summed E-state index contributed by atoms with van der Waals surface area (Å²) >= 11 is 0. The average Bonchev–Trinajstić information content (AvgIpc) is 2.37. The van der Waals surface area contributed by atoms with Gasteiger partial charge in [0.05, 0.1) is 13.2 Å².